The van der Waals surface area contributed by atoms with E-state index in [2.05, 4.69) is 28.5 Å². The fourth-order valence-corrected chi connectivity index (χ4v) is 2.74. The molecule has 0 fully saturated rings. The Balaban J connectivity index is 1.80. The predicted molar refractivity (Wildman–Crippen MR) is 78.1 cm³/mol. The molecule has 0 radical (unpaired) electrons. The molecule has 0 bridgehead atoms. The molecule has 0 atom stereocenters. The summed E-state index contributed by atoms with van der Waals surface area (Å²) in [5, 5.41) is 13.1. The molecule has 0 spiro atoms. The summed E-state index contributed by atoms with van der Waals surface area (Å²) in [6.45, 7) is 0.756. The first kappa shape index (κ1) is 11.7. The molecular formula is C15H11N3S. The maximum Gasteiger partial charge on any atom is 0.184 e. The van der Waals surface area contributed by atoms with Gasteiger partial charge < -0.3 is 5.32 Å². The van der Waals surface area contributed by atoms with Gasteiger partial charge in [-0.3, -0.25) is 0 Å². The molecule has 0 aliphatic heterocycles. The maximum absolute atomic E-state index is 8.87. The summed E-state index contributed by atoms with van der Waals surface area (Å²) in [5.74, 6) is 0. The summed E-state index contributed by atoms with van der Waals surface area (Å²) in [6.07, 6.45) is 0. The van der Waals surface area contributed by atoms with Gasteiger partial charge in [-0.25, -0.2) is 4.98 Å². The van der Waals surface area contributed by atoms with Crippen LogP contribution in [0.2, 0.25) is 0 Å². The van der Waals surface area contributed by atoms with E-state index in [0.717, 1.165) is 21.9 Å². The zero-order chi connectivity index (χ0) is 13.1. The van der Waals surface area contributed by atoms with Crippen LogP contribution in [0, 0.1) is 11.3 Å². The number of hydrogen-bond donors (Lipinski definition) is 1. The van der Waals surface area contributed by atoms with Crippen molar-refractivity contribution in [1.82, 2.24) is 4.98 Å². The largest absolute Gasteiger partial charge is 0.357 e. The Morgan fingerprint density at radius 2 is 2.00 bits per heavy atom. The summed E-state index contributed by atoms with van der Waals surface area (Å²) in [5.41, 5.74) is 2.82. The summed E-state index contributed by atoms with van der Waals surface area (Å²) in [4.78, 5) is 4.50. The van der Waals surface area contributed by atoms with E-state index < -0.39 is 0 Å². The molecule has 1 heterocycles. The fraction of sp³-hybridized carbons (Fsp3) is 0.0667. The third-order valence-corrected chi connectivity index (χ3v) is 3.78. The normalized spacial score (nSPS) is 10.3. The van der Waals surface area contributed by atoms with E-state index in [1.807, 2.05) is 30.3 Å². The highest BCUT2D eigenvalue weighted by Gasteiger charge is 2.04. The molecular weight excluding hydrogens is 254 g/mol. The van der Waals surface area contributed by atoms with Gasteiger partial charge >= 0.3 is 0 Å². The number of anilines is 1. The minimum atomic E-state index is 0.672. The van der Waals surface area contributed by atoms with Crippen LogP contribution >= 0.6 is 11.3 Å². The fourth-order valence-electron chi connectivity index (χ4n) is 1.84. The second-order valence-electron chi connectivity index (χ2n) is 4.15. The van der Waals surface area contributed by atoms with Gasteiger partial charge in [0.1, 0.15) is 0 Å². The lowest BCUT2D eigenvalue weighted by molar-refractivity contribution is 1.14. The van der Waals surface area contributed by atoms with Crippen LogP contribution in [-0.2, 0) is 6.54 Å². The molecule has 0 aliphatic rings. The molecule has 4 heteroatoms. The Bertz CT molecular complexity index is 741. The zero-order valence-electron chi connectivity index (χ0n) is 10.1. The van der Waals surface area contributed by atoms with Gasteiger partial charge in [-0.05, 0) is 23.8 Å². The molecule has 1 N–H and O–H groups in total. The molecule has 92 valence electrons. The van der Waals surface area contributed by atoms with Gasteiger partial charge in [0.05, 0.1) is 21.8 Å². The van der Waals surface area contributed by atoms with Crippen LogP contribution < -0.4 is 5.32 Å². The average Bonchev–Trinajstić information content (AvgIpc) is 2.88. The van der Waals surface area contributed by atoms with Crippen LogP contribution in [0.3, 0.4) is 0 Å². The first-order valence-corrected chi connectivity index (χ1v) is 6.75. The Morgan fingerprint density at radius 1 is 1.16 bits per heavy atom. The number of nitriles is 1. The topological polar surface area (TPSA) is 48.7 Å². The van der Waals surface area contributed by atoms with Gasteiger partial charge in [-0.2, -0.15) is 5.26 Å². The van der Waals surface area contributed by atoms with Crippen LogP contribution in [0.25, 0.3) is 10.2 Å². The first-order valence-electron chi connectivity index (χ1n) is 5.93. The number of hydrogen-bond acceptors (Lipinski definition) is 4. The van der Waals surface area contributed by atoms with Crippen molar-refractivity contribution in [1.29, 1.82) is 5.26 Å². The second kappa shape index (κ2) is 5.09. The zero-order valence-corrected chi connectivity index (χ0v) is 10.9. The van der Waals surface area contributed by atoms with Crippen molar-refractivity contribution in [2.24, 2.45) is 0 Å². The van der Waals surface area contributed by atoms with Crippen LogP contribution in [0.1, 0.15) is 11.1 Å². The van der Waals surface area contributed by atoms with Crippen molar-refractivity contribution in [3.05, 3.63) is 59.7 Å². The van der Waals surface area contributed by atoms with E-state index in [1.165, 1.54) is 5.56 Å². The van der Waals surface area contributed by atoms with Gasteiger partial charge in [-0.1, -0.05) is 41.7 Å². The van der Waals surface area contributed by atoms with Crippen LogP contribution in [-0.4, -0.2) is 4.98 Å². The highest BCUT2D eigenvalue weighted by molar-refractivity contribution is 7.22. The van der Waals surface area contributed by atoms with Crippen molar-refractivity contribution in [2.75, 3.05) is 5.32 Å². The molecule has 0 saturated carbocycles. The Labute approximate surface area is 115 Å². The van der Waals surface area contributed by atoms with E-state index in [9.17, 15) is 0 Å². The summed E-state index contributed by atoms with van der Waals surface area (Å²) in [7, 11) is 0. The summed E-state index contributed by atoms with van der Waals surface area (Å²) < 4.78 is 1.04. The van der Waals surface area contributed by atoms with Crippen molar-refractivity contribution in [3.8, 4) is 6.07 Å². The maximum atomic E-state index is 8.87. The number of aromatic nitrogens is 1. The summed E-state index contributed by atoms with van der Waals surface area (Å²) >= 11 is 1.57. The molecule has 0 saturated heterocycles. The van der Waals surface area contributed by atoms with E-state index in [0.29, 0.717) is 5.56 Å². The minimum absolute atomic E-state index is 0.672. The molecule has 0 aliphatic carbocycles. The van der Waals surface area contributed by atoms with E-state index in [4.69, 9.17) is 5.26 Å². The molecule has 3 rings (SSSR count). The number of fused-ring (bicyclic) bond motifs is 1. The first-order chi connectivity index (χ1) is 9.35. The highest BCUT2D eigenvalue weighted by atomic mass is 32.1. The average molecular weight is 265 g/mol. The second-order valence-corrected chi connectivity index (χ2v) is 5.18. The highest BCUT2D eigenvalue weighted by Crippen LogP contribution is 2.26. The molecule has 1 aromatic heterocycles. The Kier molecular flexibility index (Phi) is 3.13. The quantitative estimate of drug-likeness (QED) is 0.784. The van der Waals surface area contributed by atoms with Gasteiger partial charge in [0.15, 0.2) is 5.13 Å². The van der Waals surface area contributed by atoms with Crippen LogP contribution in [0.5, 0.6) is 0 Å². The molecule has 3 aromatic rings. The standard InChI is InChI=1S/C15H11N3S/c16-9-12-6-7-13-14(8-12)19-15(18-13)17-10-11-4-2-1-3-5-11/h1-8H,10H2,(H,17,18). The van der Waals surface area contributed by atoms with Crippen molar-refractivity contribution >= 4 is 26.7 Å². The Morgan fingerprint density at radius 3 is 2.79 bits per heavy atom. The lowest BCUT2D eigenvalue weighted by atomic mass is 10.2. The minimum Gasteiger partial charge on any atom is -0.357 e. The van der Waals surface area contributed by atoms with Crippen molar-refractivity contribution < 1.29 is 0 Å². The van der Waals surface area contributed by atoms with Gasteiger partial charge in [0.2, 0.25) is 0 Å². The molecule has 19 heavy (non-hydrogen) atoms. The number of thiazole rings is 1. The van der Waals surface area contributed by atoms with Gasteiger partial charge in [0, 0.05) is 6.54 Å². The summed E-state index contributed by atoms with van der Waals surface area (Å²) in [6, 6.07) is 17.9. The lowest BCUT2D eigenvalue weighted by Crippen LogP contribution is -1.97. The number of nitrogens with zero attached hydrogens (tertiary/aromatic N) is 2. The third-order valence-electron chi connectivity index (χ3n) is 2.80. The van der Waals surface area contributed by atoms with Gasteiger partial charge in [-0.15, -0.1) is 0 Å². The van der Waals surface area contributed by atoms with Crippen molar-refractivity contribution in [2.45, 2.75) is 6.54 Å². The number of rotatable bonds is 3. The van der Waals surface area contributed by atoms with Crippen LogP contribution in [0.4, 0.5) is 5.13 Å². The van der Waals surface area contributed by atoms with Crippen LogP contribution in [0.15, 0.2) is 48.5 Å². The molecule has 3 nitrogen and oxygen atoms in total. The Hall–Kier alpha value is -2.38. The van der Waals surface area contributed by atoms with Gasteiger partial charge in [0.25, 0.3) is 0 Å². The van der Waals surface area contributed by atoms with E-state index in [1.54, 1.807) is 17.4 Å². The SMILES string of the molecule is N#Cc1ccc2nc(NCc3ccccc3)sc2c1. The number of nitrogens with one attached hydrogen (secondary N) is 1. The molecule has 2 aromatic carbocycles. The predicted octanol–water partition coefficient (Wildman–Crippen LogP) is 3.78. The molecule has 0 amide bonds. The van der Waals surface area contributed by atoms with E-state index >= 15 is 0 Å². The monoisotopic (exact) mass is 265 g/mol. The smallest absolute Gasteiger partial charge is 0.184 e. The van der Waals surface area contributed by atoms with E-state index in [-0.39, 0.29) is 0 Å². The number of benzene rings is 2. The van der Waals surface area contributed by atoms with Crippen molar-refractivity contribution in [3.63, 3.8) is 0 Å². The lowest BCUT2D eigenvalue weighted by Gasteiger charge is -2.01. The molecule has 0 unspecified atom stereocenters. The third kappa shape index (κ3) is 2.56.